The molecule has 0 aliphatic heterocycles. The summed E-state index contributed by atoms with van der Waals surface area (Å²) in [5, 5.41) is 0. The topological polar surface area (TPSA) is 46.2 Å². The molecular formula is C14H11F4NO2S. The van der Waals surface area contributed by atoms with E-state index in [1.54, 1.807) is 6.92 Å². The van der Waals surface area contributed by atoms with Crippen LogP contribution in [-0.2, 0) is 16.2 Å². The fraction of sp³-hybridized carbons (Fsp3) is 0.143. The lowest BCUT2D eigenvalue weighted by Gasteiger charge is -2.12. The van der Waals surface area contributed by atoms with E-state index in [0.29, 0.717) is 11.6 Å². The third-order valence-corrected chi connectivity index (χ3v) is 4.20. The fourth-order valence-corrected chi connectivity index (χ4v) is 2.86. The van der Waals surface area contributed by atoms with Crippen LogP contribution in [0.25, 0.3) is 0 Å². The van der Waals surface area contributed by atoms with Crippen molar-refractivity contribution in [3.05, 3.63) is 59.4 Å². The molecule has 1 N–H and O–H groups in total. The maximum Gasteiger partial charge on any atom is 0.416 e. The number of rotatable bonds is 3. The van der Waals surface area contributed by atoms with E-state index in [1.807, 2.05) is 4.72 Å². The minimum atomic E-state index is -4.67. The summed E-state index contributed by atoms with van der Waals surface area (Å²) in [5.74, 6) is -0.818. The lowest BCUT2D eigenvalue weighted by molar-refractivity contribution is -0.137. The average molecular weight is 333 g/mol. The molecule has 3 nitrogen and oxygen atoms in total. The fourth-order valence-electron chi connectivity index (χ4n) is 1.76. The van der Waals surface area contributed by atoms with Crippen LogP contribution < -0.4 is 4.72 Å². The summed E-state index contributed by atoms with van der Waals surface area (Å²) < 4.78 is 77.6. The van der Waals surface area contributed by atoms with Crippen molar-refractivity contribution >= 4 is 15.7 Å². The Labute approximate surface area is 124 Å². The molecule has 118 valence electrons. The smallest absolute Gasteiger partial charge is 0.277 e. The largest absolute Gasteiger partial charge is 0.416 e. The van der Waals surface area contributed by atoms with Crippen molar-refractivity contribution < 1.29 is 26.0 Å². The molecule has 0 heterocycles. The van der Waals surface area contributed by atoms with Crippen LogP contribution in [0.1, 0.15) is 11.1 Å². The summed E-state index contributed by atoms with van der Waals surface area (Å²) in [6.07, 6.45) is -4.67. The predicted molar refractivity (Wildman–Crippen MR) is 73.4 cm³/mol. The van der Waals surface area contributed by atoms with Gasteiger partial charge in [-0.25, -0.2) is 12.8 Å². The van der Waals surface area contributed by atoms with Crippen molar-refractivity contribution in [3.63, 3.8) is 0 Å². The zero-order valence-electron chi connectivity index (χ0n) is 11.3. The molecule has 0 bridgehead atoms. The predicted octanol–water partition coefficient (Wildman–Crippen LogP) is 3.95. The number of hydrogen-bond donors (Lipinski definition) is 1. The zero-order valence-corrected chi connectivity index (χ0v) is 12.1. The van der Waals surface area contributed by atoms with Gasteiger partial charge in [0.15, 0.2) is 0 Å². The lowest BCUT2D eigenvalue weighted by atomic mass is 10.2. The highest BCUT2D eigenvalue weighted by molar-refractivity contribution is 7.92. The highest BCUT2D eigenvalue weighted by Crippen LogP contribution is 2.31. The van der Waals surface area contributed by atoms with Crippen LogP contribution in [0.3, 0.4) is 0 Å². The molecule has 0 unspecified atom stereocenters. The van der Waals surface area contributed by atoms with E-state index < -0.39 is 32.5 Å². The molecule has 0 radical (unpaired) electrons. The van der Waals surface area contributed by atoms with Gasteiger partial charge in [0.05, 0.1) is 16.1 Å². The summed E-state index contributed by atoms with van der Waals surface area (Å²) in [7, 11) is -4.33. The number of alkyl halides is 3. The molecule has 0 aromatic heterocycles. The van der Waals surface area contributed by atoms with Crippen molar-refractivity contribution in [2.24, 2.45) is 0 Å². The Balaban J connectivity index is 2.41. The number of hydrogen-bond acceptors (Lipinski definition) is 2. The first-order valence-corrected chi connectivity index (χ1v) is 7.54. The molecule has 0 aliphatic rings. The van der Waals surface area contributed by atoms with Crippen LogP contribution in [0.15, 0.2) is 47.4 Å². The molecule has 0 spiro atoms. The van der Waals surface area contributed by atoms with Crippen LogP contribution in [0.2, 0.25) is 0 Å². The Morgan fingerprint density at radius 2 is 1.73 bits per heavy atom. The number of anilines is 1. The van der Waals surface area contributed by atoms with E-state index in [2.05, 4.69) is 0 Å². The zero-order chi connectivity index (χ0) is 16.5. The second-order valence-electron chi connectivity index (χ2n) is 4.61. The Morgan fingerprint density at radius 1 is 1.05 bits per heavy atom. The van der Waals surface area contributed by atoms with Gasteiger partial charge in [-0.1, -0.05) is 12.1 Å². The van der Waals surface area contributed by atoms with E-state index in [9.17, 15) is 26.0 Å². The van der Waals surface area contributed by atoms with Gasteiger partial charge in [0.2, 0.25) is 0 Å². The Morgan fingerprint density at radius 3 is 2.36 bits per heavy atom. The first-order valence-electron chi connectivity index (χ1n) is 6.06. The molecule has 0 amide bonds. The first-order chi connectivity index (χ1) is 10.1. The van der Waals surface area contributed by atoms with Gasteiger partial charge in [0, 0.05) is 0 Å². The van der Waals surface area contributed by atoms with Crippen molar-refractivity contribution in [2.75, 3.05) is 4.72 Å². The Bertz CT molecular complexity index is 801. The number of sulfonamides is 1. The number of aryl methyl sites for hydroxylation is 1. The summed E-state index contributed by atoms with van der Waals surface area (Å²) in [5.41, 5.74) is -0.819. The molecule has 2 aromatic rings. The van der Waals surface area contributed by atoms with Gasteiger partial charge in [0.1, 0.15) is 5.82 Å². The third-order valence-electron chi connectivity index (χ3n) is 2.84. The van der Waals surface area contributed by atoms with Gasteiger partial charge in [-0.3, -0.25) is 4.72 Å². The molecular weight excluding hydrogens is 322 g/mol. The van der Waals surface area contributed by atoms with Gasteiger partial charge in [-0.05, 0) is 42.8 Å². The summed E-state index contributed by atoms with van der Waals surface area (Å²) in [6.45, 7) is 1.63. The van der Waals surface area contributed by atoms with Gasteiger partial charge >= 0.3 is 6.18 Å². The van der Waals surface area contributed by atoms with Crippen molar-refractivity contribution in [2.45, 2.75) is 18.0 Å². The van der Waals surface area contributed by atoms with E-state index in [-0.39, 0.29) is 5.69 Å². The first kappa shape index (κ1) is 16.3. The summed E-state index contributed by atoms with van der Waals surface area (Å²) in [6, 6.07) is 6.99. The summed E-state index contributed by atoms with van der Waals surface area (Å²) >= 11 is 0. The normalized spacial score (nSPS) is 12.2. The van der Waals surface area contributed by atoms with Crippen LogP contribution in [0.5, 0.6) is 0 Å². The van der Waals surface area contributed by atoms with Crippen molar-refractivity contribution in [1.29, 1.82) is 0 Å². The maximum absolute atomic E-state index is 13.6. The van der Waals surface area contributed by atoms with E-state index in [1.165, 1.54) is 12.1 Å². The van der Waals surface area contributed by atoms with Crippen LogP contribution in [0.4, 0.5) is 23.2 Å². The van der Waals surface area contributed by atoms with Gasteiger partial charge < -0.3 is 0 Å². The minimum absolute atomic E-state index is 0.322. The molecule has 0 saturated heterocycles. The third kappa shape index (κ3) is 3.56. The van der Waals surface area contributed by atoms with E-state index in [0.717, 1.165) is 24.3 Å². The van der Waals surface area contributed by atoms with Crippen LogP contribution >= 0.6 is 0 Å². The number of benzene rings is 2. The van der Waals surface area contributed by atoms with Gasteiger partial charge in [-0.2, -0.15) is 13.2 Å². The molecule has 0 aliphatic carbocycles. The lowest BCUT2D eigenvalue weighted by Crippen LogP contribution is -2.15. The van der Waals surface area contributed by atoms with Gasteiger partial charge in [0.25, 0.3) is 10.0 Å². The molecule has 0 saturated carbocycles. The molecule has 2 aromatic carbocycles. The Hall–Kier alpha value is -2.09. The highest BCUT2D eigenvalue weighted by Gasteiger charge is 2.31. The SMILES string of the molecule is Cc1ccc(F)c(NS(=O)(=O)c2cccc(C(F)(F)F)c2)c1. The van der Waals surface area contributed by atoms with Crippen LogP contribution in [-0.4, -0.2) is 8.42 Å². The van der Waals surface area contributed by atoms with E-state index >= 15 is 0 Å². The second kappa shape index (κ2) is 5.60. The van der Waals surface area contributed by atoms with Gasteiger partial charge in [-0.15, -0.1) is 0 Å². The molecule has 0 fully saturated rings. The van der Waals surface area contributed by atoms with E-state index in [4.69, 9.17) is 0 Å². The molecule has 22 heavy (non-hydrogen) atoms. The molecule has 8 heteroatoms. The van der Waals surface area contributed by atoms with Crippen molar-refractivity contribution in [3.8, 4) is 0 Å². The summed E-state index contributed by atoms with van der Waals surface area (Å²) in [4.78, 5) is -0.594. The highest BCUT2D eigenvalue weighted by atomic mass is 32.2. The molecule has 2 rings (SSSR count). The Kier molecular flexibility index (Phi) is 4.15. The number of halogens is 4. The average Bonchev–Trinajstić information content (AvgIpc) is 2.42. The van der Waals surface area contributed by atoms with Crippen LogP contribution in [0, 0.1) is 12.7 Å². The quantitative estimate of drug-likeness (QED) is 0.865. The minimum Gasteiger partial charge on any atom is -0.277 e. The number of nitrogens with one attached hydrogen (secondary N) is 1. The standard InChI is InChI=1S/C14H11F4NO2S/c1-9-5-6-12(15)13(7-9)19-22(20,21)11-4-2-3-10(8-11)14(16,17)18/h2-8,19H,1H3. The van der Waals surface area contributed by atoms with Crippen molar-refractivity contribution in [1.82, 2.24) is 0 Å². The maximum atomic E-state index is 13.6. The monoisotopic (exact) mass is 333 g/mol. The molecule has 0 atom stereocenters. The second-order valence-corrected chi connectivity index (χ2v) is 6.30.